The lowest BCUT2D eigenvalue weighted by Crippen LogP contribution is -2.16. The van der Waals surface area contributed by atoms with Gasteiger partial charge in [0.2, 0.25) is 0 Å². The molecule has 2 rings (SSSR count). The Morgan fingerprint density at radius 3 is 2.62 bits per heavy atom. The van der Waals surface area contributed by atoms with E-state index in [9.17, 15) is 4.79 Å². The quantitative estimate of drug-likeness (QED) is 0.857. The van der Waals surface area contributed by atoms with Gasteiger partial charge in [-0.15, -0.1) is 0 Å². The molecule has 2 aromatic rings. The van der Waals surface area contributed by atoms with Crippen LogP contribution in [-0.4, -0.2) is 19.1 Å². The number of anilines is 1. The Balaban J connectivity index is 2.19. The molecule has 1 amide bonds. The second-order valence-corrected chi connectivity index (χ2v) is 4.60. The van der Waals surface area contributed by atoms with E-state index in [4.69, 9.17) is 10.5 Å². The maximum atomic E-state index is 12.4. The Morgan fingerprint density at radius 1 is 1.14 bits per heavy atom. The highest BCUT2D eigenvalue weighted by atomic mass is 16.5. The summed E-state index contributed by atoms with van der Waals surface area (Å²) in [5.41, 5.74) is 7.81. The van der Waals surface area contributed by atoms with Crippen molar-refractivity contribution in [2.24, 2.45) is 5.73 Å². The SMILES string of the molecule is CCc1ccccc1C(=O)Nc1ccccc1OCCN. The van der Waals surface area contributed by atoms with E-state index >= 15 is 0 Å². The van der Waals surface area contributed by atoms with Crippen molar-refractivity contribution >= 4 is 11.6 Å². The molecule has 4 nitrogen and oxygen atoms in total. The van der Waals surface area contributed by atoms with Crippen LogP contribution in [0.2, 0.25) is 0 Å². The van der Waals surface area contributed by atoms with E-state index in [1.54, 1.807) is 0 Å². The molecule has 0 aliphatic heterocycles. The van der Waals surface area contributed by atoms with Gasteiger partial charge in [-0.25, -0.2) is 0 Å². The topological polar surface area (TPSA) is 64.3 Å². The molecule has 0 saturated heterocycles. The molecule has 0 aliphatic rings. The first-order valence-electron chi connectivity index (χ1n) is 7.07. The summed E-state index contributed by atoms with van der Waals surface area (Å²) < 4.78 is 5.54. The highest BCUT2D eigenvalue weighted by Gasteiger charge is 2.12. The summed E-state index contributed by atoms with van der Waals surface area (Å²) in [6, 6.07) is 15.0. The van der Waals surface area contributed by atoms with Crippen LogP contribution in [0.15, 0.2) is 48.5 Å². The second-order valence-electron chi connectivity index (χ2n) is 4.60. The molecule has 0 heterocycles. The Morgan fingerprint density at radius 2 is 1.86 bits per heavy atom. The van der Waals surface area contributed by atoms with Crippen LogP contribution in [0.4, 0.5) is 5.69 Å². The Hall–Kier alpha value is -2.33. The molecule has 0 radical (unpaired) electrons. The molecule has 0 atom stereocenters. The van der Waals surface area contributed by atoms with Crippen LogP contribution in [0.3, 0.4) is 0 Å². The monoisotopic (exact) mass is 284 g/mol. The van der Waals surface area contributed by atoms with Gasteiger partial charge < -0.3 is 15.8 Å². The number of carbonyl (C=O) groups excluding carboxylic acids is 1. The van der Waals surface area contributed by atoms with Gasteiger partial charge in [0.1, 0.15) is 12.4 Å². The maximum Gasteiger partial charge on any atom is 0.256 e. The van der Waals surface area contributed by atoms with Crippen LogP contribution in [0.5, 0.6) is 5.75 Å². The third-order valence-corrected chi connectivity index (χ3v) is 3.15. The number of benzene rings is 2. The molecule has 0 saturated carbocycles. The van der Waals surface area contributed by atoms with Gasteiger partial charge in [-0.3, -0.25) is 4.79 Å². The Kier molecular flexibility index (Phi) is 5.35. The molecule has 3 N–H and O–H groups in total. The van der Waals surface area contributed by atoms with E-state index in [-0.39, 0.29) is 5.91 Å². The minimum atomic E-state index is -0.128. The zero-order valence-electron chi connectivity index (χ0n) is 12.1. The highest BCUT2D eigenvalue weighted by Crippen LogP contribution is 2.24. The predicted octanol–water partition coefficient (Wildman–Crippen LogP) is 2.84. The highest BCUT2D eigenvalue weighted by molar-refractivity contribution is 6.06. The fraction of sp³-hybridized carbons (Fsp3) is 0.235. The lowest BCUT2D eigenvalue weighted by Gasteiger charge is -2.13. The van der Waals surface area contributed by atoms with E-state index in [0.29, 0.717) is 30.2 Å². The number of hydrogen-bond acceptors (Lipinski definition) is 3. The smallest absolute Gasteiger partial charge is 0.256 e. The lowest BCUT2D eigenvalue weighted by molar-refractivity contribution is 0.102. The Bertz CT molecular complexity index is 611. The number of hydrogen-bond donors (Lipinski definition) is 2. The molecule has 0 aromatic heterocycles. The van der Waals surface area contributed by atoms with Gasteiger partial charge in [-0.1, -0.05) is 37.3 Å². The fourth-order valence-corrected chi connectivity index (χ4v) is 2.10. The van der Waals surface area contributed by atoms with Gasteiger partial charge in [0.25, 0.3) is 5.91 Å². The van der Waals surface area contributed by atoms with Gasteiger partial charge in [0, 0.05) is 12.1 Å². The summed E-state index contributed by atoms with van der Waals surface area (Å²) in [7, 11) is 0. The number of ether oxygens (including phenoxy) is 1. The normalized spacial score (nSPS) is 10.2. The van der Waals surface area contributed by atoms with Gasteiger partial charge in [-0.05, 0) is 30.2 Å². The minimum Gasteiger partial charge on any atom is -0.490 e. The van der Waals surface area contributed by atoms with Gasteiger partial charge in [0.15, 0.2) is 0 Å². The zero-order chi connectivity index (χ0) is 15.1. The average Bonchev–Trinajstić information content (AvgIpc) is 2.54. The molecular formula is C17H20N2O2. The second kappa shape index (κ2) is 7.45. The number of para-hydroxylation sites is 2. The van der Waals surface area contributed by atoms with Crippen molar-refractivity contribution in [2.45, 2.75) is 13.3 Å². The van der Waals surface area contributed by atoms with Crippen molar-refractivity contribution in [3.63, 3.8) is 0 Å². The third-order valence-electron chi connectivity index (χ3n) is 3.15. The van der Waals surface area contributed by atoms with Crippen LogP contribution in [0.25, 0.3) is 0 Å². The molecule has 21 heavy (non-hydrogen) atoms. The summed E-state index contributed by atoms with van der Waals surface area (Å²) >= 11 is 0. The third kappa shape index (κ3) is 3.83. The molecule has 0 spiro atoms. The van der Waals surface area contributed by atoms with E-state index < -0.39 is 0 Å². The lowest BCUT2D eigenvalue weighted by atomic mass is 10.0. The van der Waals surface area contributed by atoms with Crippen molar-refractivity contribution in [3.8, 4) is 5.75 Å². The largest absolute Gasteiger partial charge is 0.490 e. The molecule has 110 valence electrons. The first kappa shape index (κ1) is 15.1. The van der Waals surface area contributed by atoms with E-state index in [1.165, 1.54) is 0 Å². The summed E-state index contributed by atoms with van der Waals surface area (Å²) in [6.07, 6.45) is 0.814. The number of rotatable bonds is 6. The molecule has 0 bridgehead atoms. The Labute approximate surface area is 124 Å². The summed E-state index contributed by atoms with van der Waals surface area (Å²) in [5, 5.41) is 2.91. The summed E-state index contributed by atoms with van der Waals surface area (Å²) in [4.78, 5) is 12.4. The summed E-state index contributed by atoms with van der Waals surface area (Å²) in [6.45, 7) is 2.88. The number of amides is 1. The van der Waals surface area contributed by atoms with Crippen LogP contribution in [-0.2, 0) is 6.42 Å². The standard InChI is InChI=1S/C17H20N2O2/c1-2-13-7-3-4-8-14(13)17(20)19-15-9-5-6-10-16(15)21-12-11-18/h3-10H,2,11-12,18H2,1H3,(H,19,20). The van der Waals surface area contributed by atoms with Crippen LogP contribution in [0.1, 0.15) is 22.8 Å². The average molecular weight is 284 g/mol. The first-order chi connectivity index (χ1) is 10.3. The van der Waals surface area contributed by atoms with E-state index in [1.807, 2.05) is 55.5 Å². The van der Waals surface area contributed by atoms with E-state index in [2.05, 4.69) is 5.32 Å². The van der Waals surface area contributed by atoms with Crippen LogP contribution >= 0.6 is 0 Å². The summed E-state index contributed by atoms with van der Waals surface area (Å²) in [5.74, 6) is 0.501. The zero-order valence-corrected chi connectivity index (χ0v) is 12.1. The maximum absolute atomic E-state index is 12.4. The van der Waals surface area contributed by atoms with Crippen molar-refractivity contribution in [3.05, 3.63) is 59.7 Å². The van der Waals surface area contributed by atoms with Gasteiger partial charge in [-0.2, -0.15) is 0 Å². The number of aryl methyl sites for hydroxylation is 1. The molecule has 2 aromatic carbocycles. The molecule has 0 unspecified atom stereocenters. The first-order valence-corrected chi connectivity index (χ1v) is 7.07. The van der Waals surface area contributed by atoms with Crippen molar-refractivity contribution in [1.29, 1.82) is 0 Å². The molecule has 4 heteroatoms. The molecular weight excluding hydrogens is 264 g/mol. The van der Waals surface area contributed by atoms with Crippen molar-refractivity contribution < 1.29 is 9.53 Å². The number of nitrogens with two attached hydrogens (primary N) is 1. The van der Waals surface area contributed by atoms with Gasteiger partial charge >= 0.3 is 0 Å². The van der Waals surface area contributed by atoms with Crippen molar-refractivity contribution in [2.75, 3.05) is 18.5 Å². The molecule has 0 fully saturated rings. The van der Waals surface area contributed by atoms with Crippen LogP contribution in [0, 0.1) is 0 Å². The number of nitrogens with one attached hydrogen (secondary N) is 1. The predicted molar refractivity (Wildman–Crippen MR) is 84.8 cm³/mol. The van der Waals surface area contributed by atoms with Crippen molar-refractivity contribution in [1.82, 2.24) is 0 Å². The van der Waals surface area contributed by atoms with Crippen LogP contribution < -0.4 is 15.8 Å². The van der Waals surface area contributed by atoms with E-state index in [0.717, 1.165) is 12.0 Å². The molecule has 0 aliphatic carbocycles. The number of carbonyl (C=O) groups is 1. The van der Waals surface area contributed by atoms with Gasteiger partial charge in [0.05, 0.1) is 5.69 Å². The fourth-order valence-electron chi connectivity index (χ4n) is 2.10. The minimum absolute atomic E-state index is 0.128.